The third-order valence-electron chi connectivity index (χ3n) is 4.93. The summed E-state index contributed by atoms with van der Waals surface area (Å²) >= 11 is 1.66. The van der Waals surface area contributed by atoms with E-state index in [1.165, 1.54) is 27.3 Å². The van der Waals surface area contributed by atoms with Crippen molar-refractivity contribution in [3.63, 3.8) is 0 Å². The number of hydrogen-bond acceptors (Lipinski definition) is 4. The molecular weight excluding hydrogens is 358 g/mol. The largest absolute Gasteiger partial charge is 0.332 e. The number of hydrogen-bond donors (Lipinski definition) is 0. The lowest BCUT2D eigenvalue weighted by atomic mass is 10.1. The second kappa shape index (κ2) is 8.13. The van der Waals surface area contributed by atoms with Crippen molar-refractivity contribution in [2.75, 3.05) is 0 Å². The lowest BCUT2D eigenvalue weighted by molar-refractivity contribution is 0.703. The maximum absolute atomic E-state index is 12.9. The van der Waals surface area contributed by atoms with Crippen LogP contribution in [0, 0.1) is 6.92 Å². The molecule has 1 aromatic carbocycles. The molecule has 0 amide bonds. The minimum atomic E-state index is -0.351. The molecule has 3 rings (SSSR count). The number of benzene rings is 1. The van der Waals surface area contributed by atoms with Gasteiger partial charge >= 0.3 is 5.69 Å². The third kappa shape index (κ3) is 3.72. The van der Waals surface area contributed by atoms with Crippen LogP contribution >= 0.6 is 11.8 Å². The monoisotopic (exact) mass is 383 g/mol. The Morgan fingerprint density at radius 1 is 1.07 bits per heavy atom. The van der Waals surface area contributed by atoms with Crippen molar-refractivity contribution < 1.29 is 0 Å². The minimum absolute atomic E-state index is 0.272. The van der Waals surface area contributed by atoms with E-state index in [-0.39, 0.29) is 11.2 Å². The smallest absolute Gasteiger partial charge is 0.280 e. The van der Waals surface area contributed by atoms with Gasteiger partial charge in [0.2, 0.25) is 0 Å². The van der Waals surface area contributed by atoms with Crippen LogP contribution in [0.5, 0.6) is 0 Å². The van der Waals surface area contributed by atoms with Gasteiger partial charge in [-0.05, 0) is 36.5 Å². The minimum Gasteiger partial charge on any atom is -0.280 e. The first kappa shape index (κ1) is 19.4. The quantitative estimate of drug-likeness (QED) is 0.611. The molecule has 0 saturated heterocycles. The number of thioether (sulfide) groups is 1. The van der Waals surface area contributed by atoms with Crippen LogP contribution in [0.1, 0.15) is 36.5 Å². The number of unbranched alkanes of at least 4 members (excludes halogenated alkanes) is 1. The zero-order valence-corrected chi connectivity index (χ0v) is 17.1. The first-order valence-corrected chi connectivity index (χ1v) is 10.2. The van der Waals surface area contributed by atoms with Crippen molar-refractivity contribution in [3.05, 3.63) is 68.0 Å². The molecule has 27 heavy (non-hydrogen) atoms. The molecule has 0 atom stereocenters. The van der Waals surface area contributed by atoms with Gasteiger partial charge in [-0.2, -0.15) is 0 Å². The molecule has 142 valence electrons. The van der Waals surface area contributed by atoms with Crippen LogP contribution in [0.2, 0.25) is 0 Å². The third-order valence-corrected chi connectivity index (χ3v) is 6.14. The fraction of sp³-hybridized carbons (Fsp3) is 0.381. The zero-order chi connectivity index (χ0) is 19.6. The molecule has 6 heteroatoms. The molecule has 0 fully saturated rings. The molecule has 0 aliphatic carbocycles. The van der Waals surface area contributed by atoms with E-state index >= 15 is 0 Å². The average molecular weight is 384 g/mol. The van der Waals surface area contributed by atoms with Crippen LogP contribution in [0.4, 0.5) is 0 Å². The Hall–Kier alpha value is -2.34. The highest BCUT2D eigenvalue weighted by atomic mass is 32.2. The Bertz CT molecular complexity index is 1100. The summed E-state index contributed by atoms with van der Waals surface area (Å²) in [6.07, 6.45) is 4.82. The van der Waals surface area contributed by atoms with Gasteiger partial charge in [-0.3, -0.25) is 13.9 Å². The van der Waals surface area contributed by atoms with Crippen LogP contribution < -0.4 is 11.2 Å². The Balaban J connectivity index is 2.18. The Morgan fingerprint density at radius 2 is 1.81 bits per heavy atom. The van der Waals surface area contributed by atoms with Gasteiger partial charge in [-0.1, -0.05) is 37.6 Å². The predicted molar refractivity (Wildman–Crippen MR) is 112 cm³/mol. The summed E-state index contributed by atoms with van der Waals surface area (Å²) in [5.74, 6) is 0.775. The SMILES string of the molecule is CCCCc1cnc2c(c1SCc1ccccc1C)c(=O)n(C)c(=O)n2C. The highest BCUT2D eigenvalue weighted by molar-refractivity contribution is 7.98. The molecule has 0 unspecified atom stereocenters. The van der Waals surface area contributed by atoms with E-state index in [0.717, 1.165) is 35.5 Å². The van der Waals surface area contributed by atoms with Crippen LogP contribution in [0.3, 0.4) is 0 Å². The lowest BCUT2D eigenvalue weighted by Crippen LogP contribution is -2.37. The van der Waals surface area contributed by atoms with Crippen molar-refractivity contribution >= 4 is 22.8 Å². The van der Waals surface area contributed by atoms with Crippen LogP contribution in [0.15, 0.2) is 44.9 Å². The summed E-state index contributed by atoms with van der Waals surface area (Å²) in [5.41, 5.74) is 3.39. The number of nitrogens with zero attached hydrogens (tertiary/aromatic N) is 3. The van der Waals surface area contributed by atoms with E-state index in [1.807, 2.05) is 18.3 Å². The molecule has 0 N–H and O–H groups in total. The summed E-state index contributed by atoms with van der Waals surface area (Å²) in [5, 5.41) is 0.548. The Morgan fingerprint density at radius 3 is 2.52 bits per heavy atom. The molecule has 5 nitrogen and oxygen atoms in total. The summed E-state index contributed by atoms with van der Waals surface area (Å²) in [4.78, 5) is 30.6. The number of fused-ring (bicyclic) bond motifs is 1. The fourth-order valence-electron chi connectivity index (χ4n) is 3.17. The lowest BCUT2D eigenvalue weighted by Gasteiger charge is -2.15. The van der Waals surface area contributed by atoms with Crippen molar-refractivity contribution in [2.45, 2.75) is 43.8 Å². The summed E-state index contributed by atoms with van der Waals surface area (Å²) < 4.78 is 2.63. The van der Waals surface area contributed by atoms with Gasteiger partial charge in [0.1, 0.15) is 5.65 Å². The van der Waals surface area contributed by atoms with Crippen molar-refractivity contribution in [3.8, 4) is 0 Å². The van der Waals surface area contributed by atoms with Gasteiger partial charge in [-0.15, -0.1) is 11.8 Å². The molecule has 3 aromatic rings. The molecule has 2 aromatic heterocycles. The first-order chi connectivity index (χ1) is 13.0. The van der Waals surface area contributed by atoms with Crippen LogP contribution in [0.25, 0.3) is 11.0 Å². The van der Waals surface area contributed by atoms with Crippen LogP contribution in [-0.4, -0.2) is 14.1 Å². The van der Waals surface area contributed by atoms with Gasteiger partial charge in [0, 0.05) is 30.9 Å². The fourth-order valence-corrected chi connectivity index (χ4v) is 4.46. The molecule has 0 saturated carbocycles. The van der Waals surface area contributed by atoms with Gasteiger partial charge in [0.05, 0.1) is 5.39 Å². The molecule has 0 aliphatic heterocycles. The van der Waals surface area contributed by atoms with Crippen molar-refractivity contribution in [2.24, 2.45) is 14.1 Å². The topological polar surface area (TPSA) is 56.9 Å². The molecule has 2 heterocycles. The molecule has 0 radical (unpaired) electrons. The van der Waals surface area contributed by atoms with Crippen LogP contribution in [-0.2, 0) is 26.3 Å². The van der Waals surface area contributed by atoms with Crippen molar-refractivity contribution in [1.29, 1.82) is 0 Å². The van der Waals surface area contributed by atoms with E-state index in [1.54, 1.807) is 18.8 Å². The van der Waals surface area contributed by atoms with E-state index in [9.17, 15) is 9.59 Å². The Labute approximate surface area is 163 Å². The highest BCUT2D eigenvalue weighted by Crippen LogP contribution is 2.32. The predicted octanol–water partition coefficient (Wildman–Crippen LogP) is 3.58. The number of aryl methyl sites for hydroxylation is 3. The summed E-state index contributed by atoms with van der Waals surface area (Å²) in [7, 11) is 3.19. The van der Waals surface area contributed by atoms with Gasteiger partial charge < -0.3 is 0 Å². The van der Waals surface area contributed by atoms with Gasteiger partial charge in [0.15, 0.2) is 0 Å². The highest BCUT2D eigenvalue weighted by Gasteiger charge is 2.17. The number of rotatable bonds is 6. The normalized spacial score (nSPS) is 11.3. The molecule has 0 spiro atoms. The molecule has 0 bridgehead atoms. The van der Waals surface area contributed by atoms with Gasteiger partial charge in [0.25, 0.3) is 5.56 Å². The standard InChI is InChI=1S/C21H25N3O2S/c1-5-6-10-15-12-22-19-17(20(25)24(4)21(26)23(19)3)18(15)27-13-16-11-8-7-9-14(16)2/h7-9,11-12H,5-6,10,13H2,1-4H3. The Kier molecular flexibility index (Phi) is 5.85. The van der Waals surface area contributed by atoms with Gasteiger partial charge in [-0.25, -0.2) is 9.78 Å². The summed E-state index contributed by atoms with van der Waals surface area (Å²) in [6.45, 7) is 4.25. The second-order valence-corrected chi connectivity index (χ2v) is 7.82. The number of aromatic nitrogens is 3. The average Bonchev–Trinajstić information content (AvgIpc) is 2.68. The zero-order valence-electron chi connectivity index (χ0n) is 16.3. The van der Waals surface area contributed by atoms with Crippen molar-refractivity contribution in [1.82, 2.24) is 14.1 Å². The molecular formula is C21H25N3O2S. The molecule has 0 aliphatic rings. The van der Waals surface area contributed by atoms with E-state index in [0.29, 0.717) is 11.0 Å². The van der Waals surface area contributed by atoms with E-state index in [4.69, 9.17) is 0 Å². The van der Waals surface area contributed by atoms with E-state index in [2.05, 4.69) is 31.0 Å². The summed E-state index contributed by atoms with van der Waals surface area (Å²) in [6, 6.07) is 8.28. The van der Waals surface area contributed by atoms with E-state index < -0.39 is 0 Å². The maximum atomic E-state index is 12.9. The second-order valence-electron chi connectivity index (χ2n) is 6.84. The first-order valence-electron chi connectivity index (χ1n) is 9.20. The maximum Gasteiger partial charge on any atom is 0.332 e. The number of pyridine rings is 1.